The Morgan fingerprint density at radius 3 is 2.92 bits per heavy atom. The number of nitrogens with zero attached hydrogens (tertiary/aromatic N) is 5. The van der Waals surface area contributed by atoms with Crippen molar-refractivity contribution in [1.82, 2.24) is 30.1 Å². The van der Waals surface area contributed by atoms with E-state index < -0.39 is 34.9 Å². The number of carboxylic acids is 1. The fourth-order valence-corrected chi connectivity index (χ4v) is 6.85. The summed E-state index contributed by atoms with van der Waals surface area (Å²) in [6, 6.07) is -1.02. The van der Waals surface area contributed by atoms with Gasteiger partial charge in [-0.15, -0.1) is 23.5 Å². The minimum Gasteiger partial charge on any atom is -0.477 e. The zero-order valence-corrected chi connectivity index (χ0v) is 23.0. The third kappa shape index (κ3) is 5.99. The van der Waals surface area contributed by atoms with Crippen molar-refractivity contribution >= 4 is 75.1 Å². The summed E-state index contributed by atoms with van der Waals surface area (Å²) in [5, 5.41) is 25.9. The topological polar surface area (TPSA) is 190 Å². The summed E-state index contributed by atoms with van der Waals surface area (Å²) >= 11 is 9.75. The van der Waals surface area contributed by atoms with Gasteiger partial charge in [0.2, 0.25) is 0 Å². The number of rotatable bonds is 11. The molecule has 6 N–H and O–H groups in total. The predicted molar refractivity (Wildman–Crippen MR) is 146 cm³/mol. The molecule has 0 unspecified atom stereocenters. The minimum absolute atomic E-state index is 0.0499. The quantitative estimate of drug-likeness (QED) is 0.0826. The lowest BCUT2D eigenvalue weighted by molar-refractivity contribution is -0.150. The van der Waals surface area contributed by atoms with Crippen LogP contribution >= 0.6 is 46.5 Å². The number of β-lactam (4-membered cyclic amide) rings is 1. The van der Waals surface area contributed by atoms with E-state index in [1.54, 1.807) is 18.6 Å². The molecule has 0 spiro atoms. The first kappa shape index (κ1) is 28.0. The number of carboxylic acid groups (broad SMARTS) is 1. The smallest absolute Gasteiger partial charge is 0.352 e. The largest absolute Gasteiger partial charge is 0.477 e. The number of amides is 2. The highest BCUT2D eigenvalue weighted by Crippen LogP contribution is 2.41. The summed E-state index contributed by atoms with van der Waals surface area (Å²) < 4.78 is 0.0499. The number of thioether (sulfide) groups is 2. The van der Waals surface area contributed by atoms with Crippen LogP contribution in [-0.2, 0) is 20.9 Å². The maximum atomic E-state index is 12.9. The van der Waals surface area contributed by atoms with E-state index in [0.717, 1.165) is 40.8 Å². The molecule has 2 aromatic heterocycles. The number of aliphatic carboxylic acids is 1. The van der Waals surface area contributed by atoms with Gasteiger partial charge in [0.15, 0.2) is 10.8 Å². The molecule has 4 heterocycles. The fraction of sp³-hybridized carbons (Fsp3) is 0.333. The van der Waals surface area contributed by atoms with Crippen molar-refractivity contribution in [3.8, 4) is 0 Å². The van der Waals surface area contributed by atoms with Gasteiger partial charge in [0, 0.05) is 36.5 Å². The van der Waals surface area contributed by atoms with Gasteiger partial charge in [-0.3, -0.25) is 19.4 Å². The number of allylic oxidation sites excluding steroid dienone is 1. The van der Waals surface area contributed by atoms with Crippen LogP contribution < -0.4 is 11.1 Å². The molecule has 0 aliphatic carbocycles. The number of hydrogen-bond donors (Lipinski definition) is 5. The number of hydrogen-bond acceptors (Lipinski definition) is 12. The molecule has 17 heteroatoms. The number of fused-ring (bicyclic) bond motifs is 1. The van der Waals surface area contributed by atoms with Gasteiger partial charge in [0.05, 0.1) is 6.33 Å². The van der Waals surface area contributed by atoms with Crippen LogP contribution in [0.2, 0.25) is 4.34 Å². The van der Waals surface area contributed by atoms with Crippen LogP contribution in [0, 0.1) is 0 Å². The van der Waals surface area contributed by atoms with Gasteiger partial charge in [0.1, 0.15) is 27.1 Å². The van der Waals surface area contributed by atoms with Gasteiger partial charge in [-0.1, -0.05) is 28.1 Å². The van der Waals surface area contributed by atoms with Crippen molar-refractivity contribution in [2.75, 3.05) is 30.8 Å². The van der Waals surface area contributed by atoms with Crippen LogP contribution in [0.15, 0.2) is 40.4 Å². The predicted octanol–water partition coefficient (Wildman–Crippen LogP) is 1.40. The molecule has 202 valence electrons. The molecule has 1 fully saturated rings. The molecule has 0 aromatic carbocycles. The lowest BCUT2D eigenvalue weighted by atomic mass is 10.0. The summed E-state index contributed by atoms with van der Waals surface area (Å²) in [5.74, 6) is -1.60. The second-order valence-electron chi connectivity index (χ2n) is 8.15. The maximum Gasteiger partial charge on any atom is 0.352 e. The van der Waals surface area contributed by atoms with Crippen LogP contribution in [0.1, 0.15) is 11.4 Å². The first-order chi connectivity index (χ1) is 18.2. The number of oxime groups is 1. The number of imidazole rings is 1. The second-order valence-corrected chi connectivity index (χ2v) is 11.9. The summed E-state index contributed by atoms with van der Waals surface area (Å²) in [6.45, 7) is 1.54. The van der Waals surface area contributed by atoms with E-state index in [9.17, 15) is 24.7 Å². The summed E-state index contributed by atoms with van der Waals surface area (Å²) in [5.41, 5.74) is 6.36. The van der Waals surface area contributed by atoms with Crippen molar-refractivity contribution in [3.05, 3.63) is 51.0 Å². The molecule has 38 heavy (non-hydrogen) atoms. The van der Waals surface area contributed by atoms with Gasteiger partial charge in [0.25, 0.3) is 11.8 Å². The number of halogens is 1. The lowest BCUT2D eigenvalue weighted by Gasteiger charge is -2.49. The summed E-state index contributed by atoms with van der Waals surface area (Å²) in [6.07, 6.45) is 5.11. The number of anilines is 1. The average Bonchev–Trinajstić information content (AvgIpc) is 3.50. The van der Waals surface area contributed by atoms with E-state index >= 15 is 0 Å². The third-order valence-corrected chi connectivity index (χ3v) is 8.71. The summed E-state index contributed by atoms with van der Waals surface area (Å²) in [7, 11) is 2.00. The molecule has 2 aliphatic rings. The van der Waals surface area contributed by atoms with Crippen molar-refractivity contribution in [3.63, 3.8) is 0 Å². The average molecular weight is 599 g/mol. The van der Waals surface area contributed by atoms with E-state index in [4.69, 9.17) is 17.3 Å². The number of aromatic nitrogens is 3. The molecule has 2 aromatic rings. The van der Waals surface area contributed by atoms with Crippen LogP contribution in [-0.4, -0.2) is 95.1 Å². The van der Waals surface area contributed by atoms with Gasteiger partial charge in [-0.25, -0.2) is 14.8 Å². The molecule has 13 nitrogen and oxygen atoms in total. The first-order valence-electron chi connectivity index (χ1n) is 11.0. The Balaban J connectivity index is 1.36. The number of nitrogen functional groups attached to an aromatic ring is 1. The third-order valence-electron chi connectivity index (χ3n) is 5.58. The summed E-state index contributed by atoms with van der Waals surface area (Å²) in [4.78, 5) is 51.9. The molecule has 2 atom stereocenters. The van der Waals surface area contributed by atoms with Crippen LogP contribution in [0.25, 0.3) is 0 Å². The van der Waals surface area contributed by atoms with E-state index in [1.165, 1.54) is 23.5 Å². The number of carbonyl (C=O) groups is 3. The van der Waals surface area contributed by atoms with Crippen LogP contribution in [0.5, 0.6) is 0 Å². The zero-order chi connectivity index (χ0) is 27.4. The highest BCUT2D eigenvalue weighted by Gasteiger charge is 2.54. The van der Waals surface area contributed by atoms with Gasteiger partial charge in [-0.2, -0.15) is 0 Å². The van der Waals surface area contributed by atoms with Crippen molar-refractivity contribution in [2.24, 2.45) is 5.16 Å². The van der Waals surface area contributed by atoms with Gasteiger partial charge in [-0.05, 0) is 24.1 Å². The molecule has 0 radical (unpaired) electrons. The monoisotopic (exact) mass is 598 g/mol. The molecule has 0 bridgehead atoms. The normalized spacial score (nSPS) is 19.7. The molecule has 2 aliphatic heterocycles. The molecule has 2 amide bonds. The van der Waals surface area contributed by atoms with Crippen molar-refractivity contribution in [2.45, 2.75) is 18.0 Å². The van der Waals surface area contributed by atoms with E-state index in [0.29, 0.717) is 11.3 Å². The van der Waals surface area contributed by atoms with E-state index in [1.807, 2.05) is 12.5 Å². The Labute approximate surface area is 234 Å². The number of thiazole rings is 1. The maximum absolute atomic E-state index is 12.9. The first-order valence-corrected chi connectivity index (χ1v) is 14.3. The van der Waals surface area contributed by atoms with Crippen molar-refractivity contribution in [1.29, 1.82) is 0 Å². The number of nitrogens with one attached hydrogen (secondary N) is 2. The Hall–Kier alpha value is -3.05. The van der Waals surface area contributed by atoms with E-state index in [-0.39, 0.29) is 20.9 Å². The fourth-order valence-electron chi connectivity index (χ4n) is 3.79. The van der Waals surface area contributed by atoms with Crippen LogP contribution in [0.4, 0.5) is 5.13 Å². The van der Waals surface area contributed by atoms with Gasteiger partial charge >= 0.3 is 5.97 Å². The highest BCUT2D eigenvalue weighted by atomic mass is 35.5. The van der Waals surface area contributed by atoms with Crippen LogP contribution in [0.3, 0.4) is 0 Å². The Morgan fingerprint density at radius 2 is 2.29 bits per heavy atom. The molecular weight excluding hydrogens is 576 g/mol. The van der Waals surface area contributed by atoms with E-state index in [2.05, 4.69) is 30.3 Å². The number of aromatic amines is 1. The second kappa shape index (κ2) is 12.2. The highest BCUT2D eigenvalue weighted by molar-refractivity contribution is 8.02. The Bertz CT molecular complexity index is 1310. The van der Waals surface area contributed by atoms with Crippen molar-refractivity contribution < 1.29 is 24.7 Å². The standard InChI is InChI=1S/C21H23ClN8O5S3/c1-29(7-11-6-24-9-25-11)3-5-36-4-2-10-8-37-19-14(18(32)30(19)15(10)20(33)34)26-17(31)13(28-35)12-16(22)38-21(23)27-12/h2,4,6,9,14,19,35H,3,5,7-8H2,1H3,(H2,23,27)(H,24,25)(H,26,31)(H,33,34)/b4-2?,28-13-/t14-,19-/m1/s1. The molecule has 1 saturated heterocycles. The molecule has 4 rings (SSSR count). The number of carbonyl (C=O) groups excluding carboxylic acids is 2. The lowest BCUT2D eigenvalue weighted by Crippen LogP contribution is -2.71. The minimum atomic E-state index is -1.24. The zero-order valence-electron chi connectivity index (χ0n) is 19.8. The number of H-pyrrole nitrogens is 1. The SMILES string of the molecule is CN(CCSC=CC1=C(C(=O)O)N2C(=O)[C@@H](NC(=O)/C(=N\O)c3nc(N)sc3Cl)[C@H]2SC1)Cc1cnc[nH]1. The Morgan fingerprint density at radius 1 is 1.50 bits per heavy atom. The molecular formula is C21H23ClN8O5S3. The Kier molecular flexibility index (Phi) is 8.99. The van der Waals surface area contributed by atoms with Gasteiger partial charge < -0.3 is 26.3 Å². The number of nitrogens with two attached hydrogens (primary N) is 1. The molecule has 0 saturated carbocycles.